The molecule has 0 radical (unpaired) electrons. The van der Waals surface area contributed by atoms with E-state index in [2.05, 4.69) is 5.32 Å². The van der Waals surface area contributed by atoms with Gasteiger partial charge >= 0.3 is 0 Å². The number of aliphatic hydroxyl groups excluding tert-OH is 1. The Hall–Kier alpha value is -0.650. The van der Waals surface area contributed by atoms with Crippen molar-refractivity contribution in [2.45, 2.75) is 50.7 Å². The van der Waals surface area contributed by atoms with Gasteiger partial charge in [-0.25, -0.2) is 0 Å². The van der Waals surface area contributed by atoms with Gasteiger partial charge in [0.2, 0.25) is 5.91 Å². The molecule has 2 fully saturated rings. The van der Waals surface area contributed by atoms with E-state index in [1.165, 1.54) is 32.1 Å². The predicted molar refractivity (Wildman–Crippen MR) is 75.3 cm³/mol. The second-order valence-corrected chi connectivity index (χ2v) is 6.07. The van der Waals surface area contributed by atoms with Crippen molar-refractivity contribution in [1.82, 2.24) is 5.32 Å². The number of hydrogen-bond donors (Lipinski definition) is 2. The minimum Gasteiger partial charge on any atom is -0.390 e. The van der Waals surface area contributed by atoms with Crippen molar-refractivity contribution in [3.05, 3.63) is 0 Å². The fraction of sp³-hybridized carbons (Fsp3) is 0.933. The molecule has 116 valence electrons. The van der Waals surface area contributed by atoms with E-state index >= 15 is 0 Å². The van der Waals surface area contributed by atoms with E-state index in [9.17, 15) is 9.90 Å². The molecule has 0 spiro atoms. The number of aliphatic hydroxyl groups is 1. The highest BCUT2D eigenvalue weighted by molar-refractivity contribution is 5.76. The second-order valence-electron chi connectivity index (χ2n) is 6.07. The monoisotopic (exact) mass is 285 g/mol. The van der Waals surface area contributed by atoms with Gasteiger partial charge in [-0.15, -0.1) is 0 Å². The lowest BCUT2D eigenvalue weighted by atomic mass is 9.87. The molecule has 0 aromatic carbocycles. The quantitative estimate of drug-likeness (QED) is 0.793. The first-order valence-corrected chi connectivity index (χ1v) is 7.76. The lowest BCUT2D eigenvalue weighted by Crippen LogP contribution is -2.49. The van der Waals surface area contributed by atoms with E-state index in [-0.39, 0.29) is 17.9 Å². The fourth-order valence-corrected chi connectivity index (χ4v) is 3.19. The third-order valence-electron chi connectivity index (χ3n) is 4.54. The van der Waals surface area contributed by atoms with Crippen LogP contribution in [0.3, 0.4) is 0 Å². The molecular weight excluding hydrogens is 258 g/mol. The maximum Gasteiger partial charge on any atom is 0.220 e. The Labute approximate surface area is 121 Å². The van der Waals surface area contributed by atoms with Gasteiger partial charge in [0.15, 0.2) is 0 Å². The van der Waals surface area contributed by atoms with Crippen molar-refractivity contribution in [2.24, 2.45) is 11.8 Å². The molecule has 20 heavy (non-hydrogen) atoms. The molecule has 0 aromatic heterocycles. The van der Waals surface area contributed by atoms with Crippen LogP contribution in [0.5, 0.6) is 0 Å². The van der Waals surface area contributed by atoms with Crippen molar-refractivity contribution in [2.75, 3.05) is 26.9 Å². The SMILES string of the molecule is CO[C@@H]1COC[C@@H](CNC(=O)CC2CCCCC2)[C@@H]1O. The summed E-state index contributed by atoms with van der Waals surface area (Å²) in [5.74, 6) is 0.565. The summed E-state index contributed by atoms with van der Waals surface area (Å²) >= 11 is 0. The highest BCUT2D eigenvalue weighted by Crippen LogP contribution is 2.26. The minimum absolute atomic E-state index is 0.0796. The molecule has 1 saturated heterocycles. The molecule has 1 heterocycles. The highest BCUT2D eigenvalue weighted by atomic mass is 16.5. The van der Waals surface area contributed by atoms with E-state index in [1.807, 2.05) is 0 Å². The second kappa shape index (κ2) is 7.96. The molecule has 5 nitrogen and oxygen atoms in total. The van der Waals surface area contributed by atoms with Crippen molar-refractivity contribution in [1.29, 1.82) is 0 Å². The number of rotatable bonds is 5. The number of nitrogens with one attached hydrogen (secondary N) is 1. The molecule has 0 bridgehead atoms. The number of methoxy groups -OCH3 is 1. The lowest BCUT2D eigenvalue weighted by molar-refractivity contribution is -0.136. The van der Waals surface area contributed by atoms with Gasteiger partial charge in [-0.3, -0.25) is 4.79 Å². The number of hydrogen-bond acceptors (Lipinski definition) is 4. The molecule has 2 aliphatic rings. The first-order chi connectivity index (χ1) is 9.70. The summed E-state index contributed by atoms with van der Waals surface area (Å²) in [6, 6.07) is 0. The lowest BCUT2D eigenvalue weighted by Gasteiger charge is -2.34. The third kappa shape index (κ3) is 4.43. The zero-order valence-electron chi connectivity index (χ0n) is 12.3. The highest BCUT2D eigenvalue weighted by Gasteiger charge is 2.32. The molecule has 1 amide bonds. The number of carbonyl (C=O) groups is 1. The summed E-state index contributed by atoms with van der Waals surface area (Å²) in [4.78, 5) is 11.9. The molecule has 3 atom stereocenters. The van der Waals surface area contributed by atoms with Crippen LogP contribution in [0.25, 0.3) is 0 Å². The van der Waals surface area contributed by atoms with Gasteiger partial charge < -0.3 is 19.9 Å². The minimum atomic E-state index is -0.566. The van der Waals surface area contributed by atoms with E-state index in [0.29, 0.717) is 32.1 Å². The Morgan fingerprint density at radius 1 is 1.30 bits per heavy atom. The molecular formula is C15H27NO4. The van der Waals surface area contributed by atoms with Crippen LogP contribution in [0.2, 0.25) is 0 Å². The van der Waals surface area contributed by atoms with Crippen LogP contribution < -0.4 is 5.32 Å². The molecule has 0 unspecified atom stereocenters. The number of amides is 1. The van der Waals surface area contributed by atoms with Crippen LogP contribution in [0.15, 0.2) is 0 Å². The van der Waals surface area contributed by atoms with Gasteiger partial charge in [0, 0.05) is 26.0 Å². The van der Waals surface area contributed by atoms with Crippen LogP contribution in [0, 0.1) is 11.8 Å². The van der Waals surface area contributed by atoms with Gasteiger partial charge in [-0.05, 0) is 18.8 Å². The van der Waals surface area contributed by atoms with Gasteiger partial charge in [0.25, 0.3) is 0 Å². The zero-order chi connectivity index (χ0) is 14.4. The molecule has 1 aliphatic heterocycles. The Morgan fingerprint density at radius 2 is 2.05 bits per heavy atom. The Kier molecular flexibility index (Phi) is 6.26. The fourth-order valence-electron chi connectivity index (χ4n) is 3.19. The predicted octanol–water partition coefficient (Wildman–Crippen LogP) is 1.10. The van der Waals surface area contributed by atoms with E-state index in [4.69, 9.17) is 9.47 Å². The topological polar surface area (TPSA) is 67.8 Å². The number of carbonyl (C=O) groups excluding carboxylic acids is 1. The summed E-state index contributed by atoms with van der Waals surface area (Å²) in [5.41, 5.74) is 0. The summed E-state index contributed by atoms with van der Waals surface area (Å²) < 4.78 is 10.6. The molecule has 1 aliphatic carbocycles. The van der Waals surface area contributed by atoms with E-state index < -0.39 is 6.10 Å². The van der Waals surface area contributed by atoms with Crippen LogP contribution >= 0.6 is 0 Å². The van der Waals surface area contributed by atoms with Crippen molar-refractivity contribution in [3.63, 3.8) is 0 Å². The normalized spacial score (nSPS) is 32.0. The Morgan fingerprint density at radius 3 is 2.75 bits per heavy atom. The molecule has 5 heteroatoms. The van der Waals surface area contributed by atoms with Crippen LogP contribution in [0.1, 0.15) is 38.5 Å². The zero-order valence-corrected chi connectivity index (χ0v) is 12.3. The first-order valence-electron chi connectivity index (χ1n) is 7.76. The summed E-state index contributed by atoms with van der Waals surface area (Å²) in [7, 11) is 1.57. The first kappa shape index (κ1) is 15.7. The molecule has 2 N–H and O–H groups in total. The van der Waals surface area contributed by atoms with Crippen LogP contribution in [0.4, 0.5) is 0 Å². The Bertz CT molecular complexity index is 304. The van der Waals surface area contributed by atoms with Crippen molar-refractivity contribution >= 4 is 5.91 Å². The maximum atomic E-state index is 11.9. The molecule has 1 saturated carbocycles. The average Bonchev–Trinajstić information content (AvgIpc) is 2.47. The van der Waals surface area contributed by atoms with Gasteiger partial charge in [0.1, 0.15) is 6.10 Å². The van der Waals surface area contributed by atoms with Crippen LogP contribution in [-0.4, -0.2) is 50.1 Å². The Balaban J connectivity index is 1.69. The molecule has 2 rings (SSSR count). The van der Waals surface area contributed by atoms with E-state index in [0.717, 1.165) is 0 Å². The largest absolute Gasteiger partial charge is 0.390 e. The van der Waals surface area contributed by atoms with Crippen molar-refractivity contribution in [3.8, 4) is 0 Å². The van der Waals surface area contributed by atoms with Gasteiger partial charge in [0.05, 0.1) is 19.3 Å². The van der Waals surface area contributed by atoms with E-state index in [1.54, 1.807) is 7.11 Å². The summed E-state index contributed by atoms with van der Waals surface area (Å²) in [5, 5.41) is 13.0. The third-order valence-corrected chi connectivity index (χ3v) is 4.54. The average molecular weight is 285 g/mol. The summed E-state index contributed by atoms with van der Waals surface area (Å²) in [6.45, 7) is 1.36. The molecule has 0 aromatic rings. The number of ether oxygens (including phenoxy) is 2. The summed E-state index contributed by atoms with van der Waals surface area (Å²) in [6.07, 6.45) is 5.93. The van der Waals surface area contributed by atoms with Crippen LogP contribution in [-0.2, 0) is 14.3 Å². The smallest absolute Gasteiger partial charge is 0.220 e. The maximum absolute atomic E-state index is 11.9. The van der Waals surface area contributed by atoms with Gasteiger partial charge in [-0.2, -0.15) is 0 Å². The standard InChI is InChI=1S/C15H27NO4/c1-19-13-10-20-9-12(15(13)18)8-16-14(17)7-11-5-3-2-4-6-11/h11-13,15,18H,2-10H2,1H3,(H,16,17)/t12-,13-,15+/m1/s1. The van der Waals surface area contributed by atoms with Crippen molar-refractivity contribution < 1.29 is 19.4 Å². The van der Waals surface area contributed by atoms with Gasteiger partial charge in [-0.1, -0.05) is 19.3 Å².